The summed E-state index contributed by atoms with van der Waals surface area (Å²) in [4.78, 5) is 4.72. The standard InChI is InChI=1S/C22H20FN3/c1-14-11-12-26-19(13-14)24-21(17-9-4-5-10-18(17)23)22(26)25-20-15(2)7-6-8-16(20)3/h4-13,25H,1-3H3. The number of hydrogen-bond acceptors (Lipinski definition) is 2. The van der Waals surface area contributed by atoms with Crippen LogP contribution in [0.25, 0.3) is 16.9 Å². The molecular weight excluding hydrogens is 325 g/mol. The molecule has 2 aromatic heterocycles. The molecule has 1 N–H and O–H groups in total. The van der Waals surface area contributed by atoms with Crippen molar-refractivity contribution in [2.45, 2.75) is 20.8 Å². The van der Waals surface area contributed by atoms with Crippen LogP contribution in [0.2, 0.25) is 0 Å². The second-order valence-corrected chi connectivity index (χ2v) is 6.61. The highest BCUT2D eigenvalue weighted by Gasteiger charge is 2.18. The third-order valence-electron chi connectivity index (χ3n) is 4.64. The van der Waals surface area contributed by atoms with Crippen molar-refractivity contribution in [3.63, 3.8) is 0 Å². The molecule has 0 atom stereocenters. The largest absolute Gasteiger partial charge is 0.339 e. The summed E-state index contributed by atoms with van der Waals surface area (Å²) in [5, 5.41) is 3.51. The minimum Gasteiger partial charge on any atom is -0.339 e. The smallest absolute Gasteiger partial charge is 0.143 e. The number of aryl methyl sites for hydroxylation is 3. The van der Waals surface area contributed by atoms with E-state index in [0.29, 0.717) is 11.3 Å². The van der Waals surface area contributed by atoms with Gasteiger partial charge in [-0.2, -0.15) is 0 Å². The fraction of sp³-hybridized carbons (Fsp3) is 0.136. The van der Waals surface area contributed by atoms with Crippen LogP contribution in [-0.4, -0.2) is 9.38 Å². The van der Waals surface area contributed by atoms with E-state index in [-0.39, 0.29) is 5.82 Å². The molecule has 0 unspecified atom stereocenters. The molecule has 2 aromatic carbocycles. The van der Waals surface area contributed by atoms with Crippen LogP contribution in [0.15, 0.2) is 60.8 Å². The lowest BCUT2D eigenvalue weighted by Crippen LogP contribution is -2.01. The lowest BCUT2D eigenvalue weighted by molar-refractivity contribution is 0.631. The van der Waals surface area contributed by atoms with Gasteiger partial charge in [-0.3, -0.25) is 4.40 Å². The van der Waals surface area contributed by atoms with Gasteiger partial charge in [0.1, 0.15) is 23.0 Å². The average Bonchev–Trinajstić information content (AvgIpc) is 2.96. The van der Waals surface area contributed by atoms with Crippen LogP contribution in [0.5, 0.6) is 0 Å². The summed E-state index contributed by atoms with van der Waals surface area (Å²) in [7, 11) is 0. The number of aromatic nitrogens is 2. The molecule has 0 amide bonds. The van der Waals surface area contributed by atoms with Crippen molar-refractivity contribution in [1.29, 1.82) is 0 Å². The first kappa shape index (κ1) is 16.3. The molecule has 0 saturated carbocycles. The van der Waals surface area contributed by atoms with E-state index in [1.54, 1.807) is 12.1 Å². The Morgan fingerprint density at radius 3 is 2.38 bits per heavy atom. The topological polar surface area (TPSA) is 29.3 Å². The van der Waals surface area contributed by atoms with Crippen LogP contribution in [0.4, 0.5) is 15.9 Å². The van der Waals surface area contributed by atoms with Crippen LogP contribution in [0, 0.1) is 26.6 Å². The first-order valence-electron chi connectivity index (χ1n) is 8.61. The normalized spacial score (nSPS) is 11.1. The van der Waals surface area contributed by atoms with Gasteiger partial charge in [0.15, 0.2) is 0 Å². The molecule has 2 heterocycles. The summed E-state index contributed by atoms with van der Waals surface area (Å²) in [5.41, 5.74) is 6.28. The second kappa shape index (κ2) is 6.30. The van der Waals surface area contributed by atoms with E-state index in [1.807, 2.05) is 41.8 Å². The van der Waals surface area contributed by atoms with Crippen molar-refractivity contribution in [1.82, 2.24) is 9.38 Å². The Bertz CT molecular complexity index is 1090. The molecule has 26 heavy (non-hydrogen) atoms. The minimum absolute atomic E-state index is 0.280. The Hall–Kier alpha value is -3.14. The van der Waals surface area contributed by atoms with E-state index < -0.39 is 0 Å². The van der Waals surface area contributed by atoms with Gasteiger partial charge in [-0.25, -0.2) is 9.37 Å². The first-order valence-corrected chi connectivity index (χ1v) is 8.61. The summed E-state index contributed by atoms with van der Waals surface area (Å²) in [5.74, 6) is 0.486. The summed E-state index contributed by atoms with van der Waals surface area (Å²) >= 11 is 0. The highest BCUT2D eigenvalue weighted by Crippen LogP contribution is 2.34. The van der Waals surface area contributed by atoms with E-state index in [1.165, 1.54) is 6.07 Å². The lowest BCUT2D eigenvalue weighted by atomic mass is 10.1. The molecule has 0 aliphatic carbocycles. The fourth-order valence-corrected chi connectivity index (χ4v) is 3.24. The molecule has 0 bridgehead atoms. The van der Waals surface area contributed by atoms with Crippen LogP contribution in [0.1, 0.15) is 16.7 Å². The molecular formula is C22H20FN3. The van der Waals surface area contributed by atoms with E-state index in [4.69, 9.17) is 4.98 Å². The third-order valence-corrected chi connectivity index (χ3v) is 4.64. The molecule has 3 nitrogen and oxygen atoms in total. The molecule has 4 heteroatoms. The van der Waals surface area contributed by atoms with Gasteiger partial charge >= 0.3 is 0 Å². The molecule has 0 saturated heterocycles. The monoisotopic (exact) mass is 345 g/mol. The molecule has 0 fully saturated rings. The fourth-order valence-electron chi connectivity index (χ4n) is 3.24. The zero-order valence-electron chi connectivity index (χ0n) is 15.0. The van der Waals surface area contributed by atoms with Crippen LogP contribution in [0.3, 0.4) is 0 Å². The number of hydrogen-bond donors (Lipinski definition) is 1. The van der Waals surface area contributed by atoms with E-state index >= 15 is 0 Å². The number of nitrogens with one attached hydrogen (secondary N) is 1. The number of halogens is 1. The quantitative estimate of drug-likeness (QED) is 0.508. The van der Waals surface area contributed by atoms with Crippen molar-refractivity contribution >= 4 is 17.2 Å². The van der Waals surface area contributed by atoms with Gasteiger partial charge in [0.25, 0.3) is 0 Å². The van der Waals surface area contributed by atoms with Crippen molar-refractivity contribution in [3.8, 4) is 11.3 Å². The summed E-state index contributed by atoms with van der Waals surface area (Å²) in [6.45, 7) is 6.15. The number of para-hydroxylation sites is 1. The average molecular weight is 345 g/mol. The highest BCUT2D eigenvalue weighted by atomic mass is 19.1. The summed E-state index contributed by atoms with van der Waals surface area (Å²) in [6, 6.07) is 16.9. The number of imidazole rings is 1. The van der Waals surface area contributed by atoms with Crippen molar-refractivity contribution < 1.29 is 4.39 Å². The van der Waals surface area contributed by atoms with Gasteiger partial charge in [0.05, 0.1) is 0 Å². The zero-order valence-corrected chi connectivity index (χ0v) is 15.0. The van der Waals surface area contributed by atoms with Crippen LogP contribution >= 0.6 is 0 Å². The van der Waals surface area contributed by atoms with Gasteiger partial charge in [0.2, 0.25) is 0 Å². The molecule has 4 rings (SSSR count). The molecule has 4 aromatic rings. The lowest BCUT2D eigenvalue weighted by Gasteiger charge is -2.14. The number of benzene rings is 2. The van der Waals surface area contributed by atoms with Gasteiger partial charge in [-0.05, 0) is 61.7 Å². The molecule has 130 valence electrons. The van der Waals surface area contributed by atoms with E-state index in [2.05, 4.69) is 31.3 Å². The number of pyridine rings is 1. The number of nitrogens with zero attached hydrogens (tertiary/aromatic N) is 2. The molecule has 0 aliphatic heterocycles. The Morgan fingerprint density at radius 2 is 1.65 bits per heavy atom. The number of anilines is 2. The maximum absolute atomic E-state index is 14.5. The number of rotatable bonds is 3. The maximum Gasteiger partial charge on any atom is 0.143 e. The second-order valence-electron chi connectivity index (χ2n) is 6.61. The van der Waals surface area contributed by atoms with Gasteiger partial charge in [-0.1, -0.05) is 30.3 Å². The molecule has 0 radical (unpaired) electrons. The zero-order chi connectivity index (χ0) is 18.3. The van der Waals surface area contributed by atoms with E-state index in [0.717, 1.165) is 33.8 Å². The Labute approximate surface area is 152 Å². The van der Waals surface area contributed by atoms with Crippen molar-refractivity contribution in [3.05, 3.63) is 83.3 Å². The third kappa shape index (κ3) is 2.73. The molecule has 0 aliphatic rings. The number of fused-ring (bicyclic) bond motifs is 1. The maximum atomic E-state index is 14.5. The summed E-state index contributed by atoms with van der Waals surface area (Å²) < 4.78 is 16.5. The van der Waals surface area contributed by atoms with Gasteiger partial charge < -0.3 is 5.32 Å². The Morgan fingerprint density at radius 1 is 0.923 bits per heavy atom. The SMILES string of the molecule is Cc1ccn2c(Nc3c(C)cccc3C)c(-c3ccccc3F)nc2c1. The Balaban J connectivity index is 1.97. The van der Waals surface area contributed by atoms with Crippen LogP contribution in [-0.2, 0) is 0 Å². The Kier molecular flexibility index (Phi) is 3.96. The van der Waals surface area contributed by atoms with Gasteiger partial charge in [-0.15, -0.1) is 0 Å². The van der Waals surface area contributed by atoms with E-state index in [9.17, 15) is 4.39 Å². The predicted molar refractivity (Wildman–Crippen MR) is 105 cm³/mol. The first-order chi connectivity index (χ1) is 12.5. The van der Waals surface area contributed by atoms with Gasteiger partial charge in [0, 0.05) is 17.4 Å². The predicted octanol–water partition coefficient (Wildman–Crippen LogP) is 5.81. The summed E-state index contributed by atoms with van der Waals surface area (Å²) in [6.07, 6.45) is 1.97. The highest BCUT2D eigenvalue weighted by molar-refractivity contribution is 5.81. The van der Waals surface area contributed by atoms with Crippen molar-refractivity contribution in [2.24, 2.45) is 0 Å². The van der Waals surface area contributed by atoms with Crippen molar-refractivity contribution in [2.75, 3.05) is 5.32 Å². The van der Waals surface area contributed by atoms with Crippen LogP contribution < -0.4 is 5.32 Å². The molecule has 0 spiro atoms. The minimum atomic E-state index is -0.280.